The molecule has 0 aliphatic heterocycles. The summed E-state index contributed by atoms with van der Waals surface area (Å²) < 4.78 is 5.82. The van der Waals surface area contributed by atoms with Crippen molar-refractivity contribution in [3.05, 3.63) is 95.6 Å². The van der Waals surface area contributed by atoms with Crippen LogP contribution >= 0.6 is 11.6 Å². The van der Waals surface area contributed by atoms with Crippen LogP contribution in [0.2, 0.25) is 0 Å². The third-order valence-corrected chi connectivity index (χ3v) is 6.07. The van der Waals surface area contributed by atoms with Gasteiger partial charge in [0.05, 0.1) is 6.10 Å². The summed E-state index contributed by atoms with van der Waals surface area (Å²) in [7, 11) is 4.03. The normalized spacial score (nSPS) is 11.8. The Balaban J connectivity index is 1.78. The molecular weight excluding hydrogens is 444 g/mol. The average Bonchev–Trinajstić information content (AvgIpc) is 2.84. The second-order valence-corrected chi connectivity index (χ2v) is 9.26. The van der Waals surface area contributed by atoms with Gasteiger partial charge >= 0.3 is 0 Å². The largest absolute Gasteiger partial charge is 0.491 e. The zero-order valence-corrected chi connectivity index (χ0v) is 21.3. The van der Waals surface area contributed by atoms with Crippen molar-refractivity contribution in [1.82, 2.24) is 4.90 Å². The first kappa shape index (κ1) is 25.6. The fourth-order valence-corrected chi connectivity index (χ4v) is 4.21. The number of rotatable bonds is 11. The molecule has 0 fully saturated rings. The Kier molecular flexibility index (Phi) is 9.41. The molecule has 1 atom stereocenters. The molecule has 0 aliphatic carbocycles. The molecule has 0 aliphatic rings. The lowest BCUT2D eigenvalue weighted by molar-refractivity contribution is -0.129. The molecule has 0 heterocycles. The summed E-state index contributed by atoms with van der Waals surface area (Å²) in [5.41, 5.74) is 4.66. The number of amides is 1. The van der Waals surface area contributed by atoms with Gasteiger partial charge in [0, 0.05) is 38.8 Å². The molecule has 34 heavy (non-hydrogen) atoms. The Morgan fingerprint density at radius 3 is 2.06 bits per heavy atom. The lowest BCUT2D eigenvalue weighted by Gasteiger charge is -2.26. The standard InChI is InChI=1S/C29H35ClN2O2/c1-22(2)34-27-16-12-25(13-17-27)28(24-8-6-5-7-9-24)18-19-32(29(33)20-30)21-23-10-14-26(15-11-23)31(3)4/h5-17,22,28H,18-21H2,1-4H3/t28-/m0/s1. The Hall–Kier alpha value is -2.98. The number of hydrogen-bond donors (Lipinski definition) is 0. The Morgan fingerprint density at radius 1 is 0.882 bits per heavy atom. The fraction of sp³-hybridized carbons (Fsp3) is 0.345. The molecule has 0 spiro atoms. The van der Waals surface area contributed by atoms with E-state index in [-0.39, 0.29) is 23.8 Å². The van der Waals surface area contributed by atoms with Crippen molar-refractivity contribution < 1.29 is 9.53 Å². The first-order valence-corrected chi connectivity index (χ1v) is 12.3. The van der Waals surface area contributed by atoms with Gasteiger partial charge in [-0.05, 0) is 61.2 Å². The molecule has 0 N–H and O–H groups in total. The highest BCUT2D eigenvalue weighted by molar-refractivity contribution is 6.27. The zero-order valence-electron chi connectivity index (χ0n) is 20.6. The third-order valence-electron chi connectivity index (χ3n) is 5.84. The summed E-state index contributed by atoms with van der Waals surface area (Å²) in [6.07, 6.45) is 0.935. The molecule has 180 valence electrons. The molecule has 5 heteroatoms. The van der Waals surface area contributed by atoms with Gasteiger partial charge in [-0.15, -0.1) is 11.6 Å². The highest BCUT2D eigenvalue weighted by atomic mass is 35.5. The quantitative estimate of drug-likeness (QED) is 0.302. The Morgan fingerprint density at radius 2 is 1.50 bits per heavy atom. The maximum Gasteiger partial charge on any atom is 0.237 e. The summed E-state index contributed by atoms with van der Waals surface area (Å²) in [6, 6.07) is 27.1. The first-order chi connectivity index (χ1) is 16.4. The van der Waals surface area contributed by atoms with Crippen molar-refractivity contribution in [3.63, 3.8) is 0 Å². The number of ether oxygens (including phenoxy) is 1. The van der Waals surface area contributed by atoms with Crippen LogP contribution in [0.15, 0.2) is 78.9 Å². The number of benzene rings is 3. The van der Waals surface area contributed by atoms with E-state index < -0.39 is 0 Å². The van der Waals surface area contributed by atoms with Crippen molar-refractivity contribution >= 4 is 23.2 Å². The summed E-state index contributed by atoms with van der Waals surface area (Å²) in [6.45, 7) is 5.21. The van der Waals surface area contributed by atoms with Crippen LogP contribution in [0.1, 0.15) is 42.9 Å². The van der Waals surface area contributed by atoms with Crippen LogP contribution in [0.5, 0.6) is 5.75 Å². The molecule has 0 saturated heterocycles. The topological polar surface area (TPSA) is 32.8 Å². The van der Waals surface area contributed by atoms with Gasteiger partial charge in [0.25, 0.3) is 0 Å². The monoisotopic (exact) mass is 478 g/mol. The smallest absolute Gasteiger partial charge is 0.237 e. The number of alkyl halides is 1. The SMILES string of the molecule is CC(C)Oc1ccc([C@@H](CCN(Cc2ccc(N(C)C)cc2)C(=O)CCl)c2ccccc2)cc1. The fourth-order valence-electron chi connectivity index (χ4n) is 4.04. The number of carbonyl (C=O) groups is 1. The third kappa shape index (κ3) is 7.26. The molecule has 3 rings (SSSR count). The second-order valence-electron chi connectivity index (χ2n) is 9.00. The average molecular weight is 479 g/mol. The lowest BCUT2D eigenvalue weighted by atomic mass is 9.88. The van der Waals surface area contributed by atoms with Gasteiger partial charge in [-0.3, -0.25) is 4.79 Å². The van der Waals surface area contributed by atoms with Gasteiger partial charge in [-0.25, -0.2) is 0 Å². The van der Waals surface area contributed by atoms with E-state index in [1.165, 1.54) is 11.1 Å². The van der Waals surface area contributed by atoms with Gasteiger partial charge in [-0.1, -0.05) is 54.6 Å². The molecule has 0 unspecified atom stereocenters. The minimum Gasteiger partial charge on any atom is -0.491 e. The molecule has 4 nitrogen and oxygen atoms in total. The van der Waals surface area contributed by atoms with Gasteiger partial charge in [-0.2, -0.15) is 0 Å². The molecule has 0 aromatic heterocycles. The molecule has 0 radical (unpaired) electrons. The second kappa shape index (κ2) is 12.5. The number of nitrogens with zero attached hydrogens (tertiary/aromatic N) is 2. The predicted octanol–water partition coefficient (Wildman–Crippen LogP) is 6.33. The minimum atomic E-state index is -0.0501. The molecule has 1 amide bonds. The van der Waals surface area contributed by atoms with Crippen molar-refractivity contribution in [3.8, 4) is 5.75 Å². The van der Waals surface area contributed by atoms with E-state index in [1.54, 1.807) is 0 Å². The highest BCUT2D eigenvalue weighted by Gasteiger charge is 2.19. The van der Waals surface area contributed by atoms with Crippen molar-refractivity contribution in [1.29, 1.82) is 0 Å². The summed E-state index contributed by atoms with van der Waals surface area (Å²) in [4.78, 5) is 16.6. The van der Waals surface area contributed by atoms with Crippen LogP contribution in [-0.4, -0.2) is 43.4 Å². The van der Waals surface area contributed by atoms with Crippen LogP contribution in [0, 0.1) is 0 Å². The molecular formula is C29H35ClN2O2. The summed E-state index contributed by atoms with van der Waals surface area (Å²) in [5.74, 6) is 0.958. The lowest BCUT2D eigenvalue weighted by Crippen LogP contribution is -2.33. The van der Waals surface area contributed by atoms with E-state index in [1.807, 2.05) is 51.0 Å². The number of hydrogen-bond acceptors (Lipinski definition) is 3. The van der Waals surface area contributed by atoms with E-state index in [0.717, 1.165) is 23.4 Å². The Bertz CT molecular complexity index is 1020. The predicted molar refractivity (Wildman–Crippen MR) is 142 cm³/mol. The van der Waals surface area contributed by atoms with Crippen LogP contribution < -0.4 is 9.64 Å². The summed E-state index contributed by atoms with van der Waals surface area (Å²) in [5, 5.41) is 0. The van der Waals surface area contributed by atoms with Crippen LogP contribution in [-0.2, 0) is 11.3 Å². The molecule has 0 bridgehead atoms. The van der Waals surface area contributed by atoms with E-state index in [0.29, 0.717) is 13.1 Å². The number of halogens is 1. The maximum atomic E-state index is 12.7. The van der Waals surface area contributed by atoms with Gasteiger partial charge in [0.15, 0.2) is 0 Å². The molecule has 0 saturated carbocycles. The minimum absolute atomic E-state index is 0.0208. The zero-order chi connectivity index (χ0) is 24.5. The van der Waals surface area contributed by atoms with Crippen LogP contribution in [0.3, 0.4) is 0 Å². The first-order valence-electron chi connectivity index (χ1n) is 11.8. The number of carbonyl (C=O) groups excluding carboxylic acids is 1. The molecule has 3 aromatic rings. The van der Waals surface area contributed by atoms with Crippen molar-refractivity contribution in [2.24, 2.45) is 0 Å². The van der Waals surface area contributed by atoms with Gasteiger partial charge in [0.1, 0.15) is 11.6 Å². The molecule has 3 aromatic carbocycles. The van der Waals surface area contributed by atoms with Crippen LogP contribution in [0.25, 0.3) is 0 Å². The summed E-state index contributed by atoms with van der Waals surface area (Å²) >= 11 is 5.98. The van der Waals surface area contributed by atoms with Crippen LogP contribution in [0.4, 0.5) is 5.69 Å². The van der Waals surface area contributed by atoms with Crippen molar-refractivity contribution in [2.75, 3.05) is 31.4 Å². The van der Waals surface area contributed by atoms with E-state index in [9.17, 15) is 4.79 Å². The van der Waals surface area contributed by atoms with E-state index >= 15 is 0 Å². The van der Waals surface area contributed by atoms with Gasteiger partial charge < -0.3 is 14.5 Å². The van der Waals surface area contributed by atoms with E-state index in [2.05, 4.69) is 65.6 Å². The van der Waals surface area contributed by atoms with E-state index in [4.69, 9.17) is 16.3 Å². The Labute approximate surface area is 209 Å². The maximum absolute atomic E-state index is 12.7. The highest BCUT2D eigenvalue weighted by Crippen LogP contribution is 2.30. The van der Waals surface area contributed by atoms with Gasteiger partial charge in [0.2, 0.25) is 5.91 Å². The number of anilines is 1. The van der Waals surface area contributed by atoms with Crippen molar-refractivity contribution in [2.45, 2.75) is 38.8 Å².